The summed E-state index contributed by atoms with van der Waals surface area (Å²) in [5, 5.41) is 17.6. The van der Waals surface area contributed by atoms with Crippen LogP contribution in [0.4, 0.5) is 4.79 Å². The molecule has 2 rings (SSSR count). The Bertz CT molecular complexity index is 444. The molecule has 0 saturated carbocycles. The van der Waals surface area contributed by atoms with E-state index in [0.717, 1.165) is 0 Å². The maximum atomic E-state index is 10.9. The van der Waals surface area contributed by atoms with Gasteiger partial charge in [0.15, 0.2) is 0 Å². The van der Waals surface area contributed by atoms with Crippen molar-refractivity contribution >= 4 is 6.03 Å². The van der Waals surface area contributed by atoms with Crippen LogP contribution in [0.25, 0.3) is 0 Å². The molecule has 13 heavy (non-hydrogen) atoms. The summed E-state index contributed by atoms with van der Waals surface area (Å²) in [7, 11) is 0. The number of hydrogen-bond donors (Lipinski definition) is 2. The molecule has 0 spiro atoms. The van der Waals surface area contributed by atoms with Crippen LogP contribution in [0.3, 0.4) is 0 Å². The van der Waals surface area contributed by atoms with Crippen molar-refractivity contribution in [1.29, 1.82) is 0 Å². The summed E-state index contributed by atoms with van der Waals surface area (Å²) in [6.45, 7) is 0. The molecule has 1 unspecified atom stereocenters. The van der Waals surface area contributed by atoms with Gasteiger partial charge in [0.2, 0.25) is 5.82 Å². The molecule has 1 aliphatic rings. The second kappa shape index (κ2) is 2.15. The number of H-pyrrole nitrogens is 1. The van der Waals surface area contributed by atoms with E-state index in [-0.39, 0.29) is 5.82 Å². The molecule has 1 atom stereocenters. The summed E-state index contributed by atoms with van der Waals surface area (Å²) in [5.41, 5.74) is -0.781. The summed E-state index contributed by atoms with van der Waals surface area (Å²) >= 11 is 0. The third-order valence-electron chi connectivity index (χ3n) is 1.62. The van der Waals surface area contributed by atoms with E-state index in [1.165, 1.54) is 0 Å². The van der Waals surface area contributed by atoms with Gasteiger partial charge < -0.3 is 0 Å². The van der Waals surface area contributed by atoms with E-state index in [1.54, 1.807) is 0 Å². The molecule has 1 aromatic heterocycles. The lowest BCUT2D eigenvalue weighted by Crippen LogP contribution is -2.30. The summed E-state index contributed by atoms with van der Waals surface area (Å²) < 4.78 is 0.591. The van der Waals surface area contributed by atoms with Crippen LogP contribution in [0.5, 0.6) is 0 Å². The highest BCUT2D eigenvalue weighted by molar-refractivity contribution is 5.79. The summed E-state index contributed by atoms with van der Waals surface area (Å²) in [6.07, 6.45) is -1.44. The third kappa shape index (κ3) is 0.832. The number of carbonyl (C=O) groups is 1. The van der Waals surface area contributed by atoms with Gasteiger partial charge in [0, 0.05) is 0 Å². The number of carbonyl (C=O) groups excluding carboxylic acids is 1. The van der Waals surface area contributed by atoms with Crippen molar-refractivity contribution < 1.29 is 9.72 Å². The standard InChI is InChI=1S/C4H3N5O4/c10-3-5-1(9(12)13)2-6-7-4(11)8(2)3/h1H,(H,5,10)(H,7,11). The van der Waals surface area contributed by atoms with Crippen molar-refractivity contribution in [2.75, 3.05) is 0 Å². The first kappa shape index (κ1) is 7.46. The Labute approximate surface area is 69.5 Å². The molecule has 0 fully saturated rings. The van der Waals surface area contributed by atoms with Crippen LogP contribution >= 0.6 is 0 Å². The molecule has 2 heterocycles. The molecule has 9 heteroatoms. The number of nitrogens with zero attached hydrogens (tertiary/aromatic N) is 3. The van der Waals surface area contributed by atoms with Gasteiger partial charge in [-0.05, 0) is 0 Å². The molecule has 0 saturated heterocycles. The van der Waals surface area contributed by atoms with Crippen molar-refractivity contribution in [3.05, 3.63) is 26.4 Å². The van der Waals surface area contributed by atoms with Crippen LogP contribution in [0.15, 0.2) is 4.79 Å². The number of fused-ring (bicyclic) bond motifs is 1. The Morgan fingerprint density at radius 1 is 1.54 bits per heavy atom. The fourth-order valence-electron chi connectivity index (χ4n) is 1.08. The average Bonchev–Trinajstić information content (AvgIpc) is 2.55. The predicted octanol–water partition coefficient (Wildman–Crippen LogP) is -1.58. The van der Waals surface area contributed by atoms with Crippen LogP contribution < -0.4 is 11.0 Å². The predicted molar refractivity (Wildman–Crippen MR) is 36.5 cm³/mol. The van der Waals surface area contributed by atoms with Crippen LogP contribution in [-0.2, 0) is 0 Å². The van der Waals surface area contributed by atoms with E-state index in [2.05, 4.69) is 5.10 Å². The number of nitro groups is 1. The van der Waals surface area contributed by atoms with Crippen LogP contribution in [0.1, 0.15) is 12.0 Å². The number of hydrogen-bond acceptors (Lipinski definition) is 5. The first-order chi connectivity index (χ1) is 6.11. The van der Waals surface area contributed by atoms with Crippen LogP contribution in [-0.4, -0.2) is 25.7 Å². The van der Waals surface area contributed by atoms with E-state index in [0.29, 0.717) is 4.57 Å². The highest BCUT2D eigenvalue weighted by atomic mass is 16.6. The molecule has 0 bridgehead atoms. The van der Waals surface area contributed by atoms with Gasteiger partial charge in [-0.2, -0.15) is 4.57 Å². The topological polar surface area (TPSA) is 123 Å². The van der Waals surface area contributed by atoms with Gasteiger partial charge >= 0.3 is 17.9 Å². The molecule has 1 aliphatic heterocycles. The zero-order valence-corrected chi connectivity index (χ0v) is 6.05. The van der Waals surface area contributed by atoms with Crippen molar-refractivity contribution in [2.45, 2.75) is 6.17 Å². The quantitative estimate of drug-likeness (QED) is 0.403. The van der Waals surface area contributed by atoms with E-state index in [4.69, 9.17) is 0 Å². The fourth-order valence-corrected chi connectivity index (χ4v) is 1.08. The molecule has 0 aromatic carbocycles. The normalized spacial score (nSPS) is 19.7. The highest BCUT2D eigenvalue weighted by Crippen LogP contribution is 2.14. The van der Waals surface area contributed by atoms with Gasteiger partial charge in [-0.15, -0.1) is 5.10 Å². The number of nitrogens with one attached hydrogen (secondary N) is 2. The van der Waals surface area contributed by atoms with Crippen LogP contribution in [0, 0.1) is 10.1 Å². The Hall–Kier alpha value is -2.19. The summed E-state index contributed by atoms with van der Waals surface area (Å²) in [5.74, 6) is -0.222. The molecule has 68 valence electrons. The van der Waals surface area contributed by atoms with E-state index < -0.39 is 22.8 Å². The average molecular weight is 185 g/mol. The minimum absolute atomic E-state index is 0.222. The number of rotatable bonds is 1. The first-order valence-corrected chi connectivity index (χ1v) is 3.23. The van der Waals surface area contributed by atoms with Crippen molar-refractivity contribution in [2.24, 2.45) is 0 Å². The molecule has 9 nitrogen and oxygen atoms in total. The second-order valence-electron chi connectivity index (χ2n) is 2.36. The van der Waals surface area contributed by atoms with E-state index in [9.17, 15) is 19.7 Å². The first-order valence-electron chi connectivity index (χ1n) is 3.23. The Morgan fingerprint density at radius 3 is 2.85 bits per heavy atom. The SMILES string of the molecule is O=C1NC([N+](=O)[O-])c2n[nH]c(=O)n21. The second-order valence-corrected chi connectivity index (χ2v) is 2.36. The zero-order chi connectivity index (χ0) is 9.59. The van der Waals surface area contributed by atoms with Gasteiger partial charge in [0.1, 0.15) is 0 Å². The summed E-state index contributed by atoms with van der Waals surface area (Å²) in [6, 6.07) is -0.838. The largest absolute Gasteiger partial charge is 0.351 e. The van der Waals surface area contributed by atoms with Gasteiger partial charge in [0.25, 0.3) is 0 Å². The highest BCUT2D eigenvalue weighted by Gasteiger charge is 2.40. The monoisotopic (exact) mass is 185 g/mol. The Morgan fingerprint density at radius 2 is 2.23 bits per heavy atom. The Kier molecular flexibility index (Phi) is 1.23. The molecule has 0 aliphatic carbocycles. The number of amides is 1. The minimum Gasteiger partial charge on any atom is -0.268 e. The molecular formula is C4H3N5O4. The van der Waals surface area contributed by atoms with Crippen molar-refractivity contribution in [3.63, 3.8) is 0 Å². The molecule has 1 aromatic rings. The fraction of sp³-hybridized carbons (Fsp3) is 0.250. The number of aromatic nitrogens is 3. The van der Waals surface area contributed by atoms with E-state index in [1.807, 2.05) is 10.4 Å². The zero-order valence-electron chi connectivity index (χ0n) is 6.05. The molecule has 0 radical (unpaired) electrons. The number of aromatic amines is 1. The molecule has 1 amide bonds. The maximum absolute atomic E-state index is 10.9. The maximum Gasteiger partial charge on any atom is 0.351 e. The lowest BCUT2D eigenvalue weighted by atomic mass is 10.5. The van der Waals surface area contributed by atoms with E-state index >= 15 is 0 Å². The molecular weight excluding hydrogens is 182 g/mol. The van der Waals surface area contributed by atoms with Crippen molar-refractivity contribution in [1.82, 2.24) is 20.1 Å². The van der Waals surface area contributed by atoms with Gasteiger partial charge in [-0.25, -0.2) is 14.7 Å². The van der Waals surface area contributed by atoms with Crippen molar-refractivity contribution in [3.8, 4) is 0 Å². The van der Waals surface area contributed by atoms with Gasteiger partial charge in [-0.3, -0.25) is 15.4 Å². The molecule has 2 N–H and O–H groups in total. The van der Waals surface area contributed by atoms with Gasteiger partial charge in [-0.1, -0.05) is 0 Å². The third-order valence-corrected chi connectivity index (χ3v) is 1.62. The smallest absolute Gasteiger partial charge is 0.268 e. The Balaban J connectivity index is 2.61. The lowest BCUT2D eigenvalue weighted by molar-refractivity contribution is -0.533. The minimum atomic E-state index is -1.44. The summed E-state index contributed by atoms with van der Waals surface area (Å²) in [4.78, 5) is 31.4. The lowest BCUT2D eigenvalue weighted by Gasteiger charge is -1.96. The van der Waals surface area contributed by atoms with Crippen LogP contribution in [0.2, 0.25) is 0 Å². The van der Waals surface area contributed by atoms with Gasteiger partial charge in [0.05, 0.1) is 4.92 Å².